The molecule has 3 nitrogen and oxygen atoms in total. The molecule has 0 saturated carbocycles. The van der Waals surface area contributed by atoms with Crippen molar-refractivity contribution >= 4 is 11.3 Å². The molecule has 1 rings (SSSR count). The van der Waals surface area contributed by atoms with Crippen LogP contribution in [-0.4, -0.2) is 16.1 Å². The van der Waals surface area contributed by atoms with Crippen LogP contribution in [0.5, 0.6) is 0 Å². The van der Waals surface area contributed by atoms with E-state index in [2.05, 4.69) is 18.8 Å². The number of aromatic nitrogens is 1. The minimum atomic E-state index is -0.611. The number of rotatable bonds is 5. The van der Waals surface area contributed by atoms with Crippen molar-refractivity contribution in [3.05, 3.63) is 16.6 Å². The van der Waals surface area contributed by atoms with Gasteiger partial charge in [0.2, 0.25) is 0 Å². The summed E-state index contributed by atoms with van der Waals surface area (Å²) in [6.45, 7) is 4.31. The molecule has 0 spiro atoms. The number of thiazole rings is 1. The predicted octanol–water partition coefficient (Wildman–Crippen LogP) is 1.94. The number of hydrogen-bond acceptors (Lipinski definition) is 4. The lowest BCUT2D eigenvalue weighted by Gasteiger charge is -2.17. The van der Waals surface area contributed by atoms with Crippen molar-refractivity contribution in [2.75, 3.05) is 0 Å². The third-order valence-corrected chi connectivity index (χ3v) is 2.84. The summed E-state index contributed by atoms with van der Waals surface area (Å²) < 4.78 is 0. The molecular formula is C10H18N2OS. The van der Waals surface area contributed by atoms with Crippen molar-refractivity contribution < 1.29 is 5.11 Å². The zero-order chi connectivity index (χ0) is 10.6. The Hall–Kier alpha value is -0.450. The molecule has 1 aromatic rings. The fourth-order valence-electron chi connectivity index (χ4n) is 1.27. The first-order valence-corrected chi connectivity index (χ1v) is 5.87. The van der Waals surface area contributed by atoms with E-state index in [0.29, 0.717) is 11.6 Å². The molecule has 0 bridgehead atoms. The summed E-state index contributed by atoms with van der Waals surface area (Å²) in [5, 5.41) is 11.7. The summed E-state index contributed by atoms with van der Waals surface area (Å²) in [6.07, 6.45) is 1.28. The number of nitrogens with zero attached hydrogens (tertiary/aromatic N) is 1. The van der Waals surface area contributed by atoms with E-state index >= 15 is 0 Å². The first kappa shape index (κ1) is 11.6. The topological polar surface area (TPSA) is 59.1 Å². The largest absolute Gasteiger partial charge is 0.385 e. The third kappa shape index (κ3) is 3.36. The van der Waals surface area contributed by atoms with Gasteiger partial charge in [-0.05, 0) is 18.8 Å². The molecule has 0 aromatic carbocycles. The van der Waals surface area contributed by atoms with Gasteiger partial charge in [-0.2, -0.15) is 0 Å². The zero-order valence-electron chi connectivity index (χ0n) is 8.68. The highest BCUT2D eigenvalue weighted by Gasteiger charge is 2.18. The van der Waals surface area contributed by atoms with Crippen molar-refractivity contribution in [2.45, 2.75) is 38.8 Å². The predicted molar refractivity (Wildman–Crippen MR) is 59.1 cm³/mol. The summed E-state index contributed by atoms with van der Waals surface area (Å²) >= 11 is 1.48. The van der Waals surface area contributed by atoms with Crippen LogP contribution < -0.4 is 5.73 Å². The van der Waals surface area contributed by atoms with E-state index in [9.17, 15) is 5.11 Å². The molecule has 4 heteroatoms. The Morgan fingerprint density at radius 1 is 1.50 bits per heavy atom. The Morgan fingerprint density at radius 3 is 2.71 bits per heavy atom. The molecule has 0 aliphatic carbocycles. The van der Waals surface area contributed by atoms with Crippen LogP contribution in [0, 0.1) is 5.92 Å². The van der Waals surface area contributed by atoms with E-state index in [1.54, 1.807) is 5.51 Å². The van der Waals surface area contributed by atoms with Gasteiger partial charge >= 0.3 is 0 Å². The van der Waals surface area contributed by atoms with Gasteiger partial charge < -0.3 is 10.8 Å². The van der Waals surface area contributed by atoms with Gasteiger partial charge in [-0.1, -0.05) is 13.8 Å². The molecule has 0 amide bonds. The maximum atomic E-state index is 9.81. The molecule has 0 aliphatic rings. The van der Waals surface area contributed by atoms with Crippen LogP contribution in [0.25, 0.3) is 0 Å². The monoisotopic (exact) mass is 214 g/mol. The second-order valence-corrected chi connectivity index (χ2v) is 4.71. The molecule has 80 valence electrons. The van der Waals surface area contributed by atoms with E-state index in [-0.39, 0.29) is 6.04 Å². The second kappa shape index (κ2) is 5.44. The number of aliphatic hydroxyl groups is 1. The Labute approximate surface area is 89.0 Å². The lowest BCUT2D eigenvalue weighted by molar-refractivity contribution is 0.135. The van der Waals surface area contributed by atoms with Crippen LogP contribution in [0.4, 0.5) is 0 Å². The molecule has 0 saturated heterocycles. The minimum absolute atomic E-state index is 0.195. The highest BCUT2D eigenvalue weighted by Crippen LogP contribution is 2.19. The third-order valence-electron chi connectivity index (χ3n) is 2.24. The molecule has 3 N–H and O–H groups in total. The second-order valence-electron chi connectivity index (χ2n) is 3.99. The normalized spacial score (nSPS) is 15.8. The van der Waals surface area contributed by atoms with Gasteiger partial charge in [-0.25, -0.2) is 4.98 Å². The molecule has 2 atom stereocenters. The highest BCUT2D eigenvalue weighted by molar-refractivity contribution is 7.07. The van der Waals surface area contributed by atoms with Gasteiger partial charge in [0, 0.05) is 11.4 Å². The number of hydrogen-bond donors (Lipinski definition) is 2. The fraction of sp³-hybridized carbons (Fsp3) is 0.700. The van der Waals surface area contributed by atoms with Gasteiger partial charge in [0.05, 0.1) is 11.2 Å². The van der Waals surface area contributed by atoms with E-state index < -0.39 is 6.10 Å². The van der Waals surface area contributed by atoms with E-state index in [0.717, 1.165) is 12.8 Å². The van der Waals surface area contributed by atoms with Gasteiger partial charge in [0.15, 0.2) is 0 Å². The lowest BCUT2D eigenvalue weighted by Crippen LogP contribution is -2.28. The number of aliphatic hydroxyl groups excluding tert-OH is 1. The van der Waals surface area contributed by atoms with Crippen molar-refractivity contribution in [3.63, 3.8) is 0 Å². The minimum Gasteiger partial charge on any atom is -0.385 e. The molecule has 0 fully saturated rings. The standard InChI is InChI=1S/C10H18N2OS/c1-7(2)3-4-8(11)10(13)9-5-14-6-12-9/h5-8,10,13H,3-4,11H2,1-2H3. The first-order valence-electron chi connectivity index (χ1n) is 4.93. The Kier molecular flexibility index (Phi) is 4.51. The number of nitrogens with two attached hydrogens (primary N) is 1. The van der Waals surface area contributed by atoms with Gasteiger partial charge in [0.1, 0.15) is 6.10 Å². The Morgan fingerprint density at radius 2 is 2.21 bits per heavy atom. The smallest absolute Gasteiger partial charge is 0.112 e. The average Bonchev–Trinajstić information content (AvgIpc) is 2.65. The van der Waals surface area contributed by atoms with E-state index in [1.807, 2.05) is 5.38 Å². The Balaban J connectivity index is 2.41. The average molecular weight is 214 g/mol. The van der Waals surface area contributed by atoms with Crippen molar-refractivity contribution in [2.24, 2.45) is 11.7 Å². The summed E-state index contributed by atoms with van der Waals surface area (Å²) in [6, 6.07) is -0.195. The Bertz CT molecular complexity index is 249. The SMILES string of the molecule is CC(C)CCC(N)C(O)c1cscn1. The molecule has 0 radical (unpaired) electrons. The van der Waals surface area contributed by atoms with Gasteiger partial charge in [-0.3, -0.25) is 0 Å². The van der Waals surface area contributed by atoms with Crippen LogP contribution in [0.1, 0.15) is 38.5 Å². The summed E-state index contributed by atoms with van der Waals surface area (Å²) in [4.78, 5) is 4.05. The molecule has 14 heavy (non-hydrogen) atoms. The van der Waals surface area contributed by atoms with Gasteiger partial charge in [0.25, 0.3) is 0 Å². The summed E-state index contributed by atoms with van der Waals surface area (Å²) in [5.41, 5.74) is 8.29. The summed E-state index contributed by atoms with van der Waals surface area (Å²) in [7, 11) is 0. The van der Waals surface area contributed by atoms with Crippen molar-refractivity contribution in [1.82, 2.24) is 4.98 Å². The quantitative estimate of drug-likeness (QED) is 0.787. The van der Waals surface area contributed by atoms with Gasteiger partial charge in [-0.15, -0.1) is 11.3 Å². The molecule has 2 unspecified atom stereocenters. The zero-order valence-corrected chi connectivity index (χ0v) is 9.50. The molecule has 1 heterocycles. The first-order chi connectivity index (χ1) is 6.61. The van der Waals surface area contributed by atoms with E-state index in [1.165, 1.54) is 11.3 Å². The maximum absolute atomic E-state index is 9.81. The molecule has 1 aromatic heterocycles. The lowest BCUT2D eigenvalue weighted by atomic mass is 9.99. The highest BCUT2D eigenvalue weighted by atomic mass is 32.1. The van der Waals surface area contributed by atoms with E-state index in [4.69, 9.17) is 5.73 Å². The molecule has 0 aliphatic heterocycles. The van der Waals surface area contributed by atoms with Crippen LogP contribution in [0.15, 0.2) is 10.9 Å². The van der Waals surface area contributed by atoms with Crippen LogP contribution in [-0.2, 0) is 0 Å². The van der Waals surface area contributed by atoms with Crippen LogP contribution >= 0.6 is 11.3 Å². The summed E-state index contributed by atoms with van der Waals surface area (Å²) in [5.74, 6) is 0.628. The van der Waals surface area contributed by atoms with Crippen LogP contribution in [0.3, 0.4) is 0 Å². The van der Waals surface area contributed by atoms with Crippen LogP contribution in [0.2, 0.25) is 0 Å². The maximum Gasteiger partial charge on any atom is 0.112 e. The van der Waals surface area contributed by atoms with Crippen molar-refractivity contribution in [3.8, 4) is 0 Å². The van der Waals surface area contributed by atoms with Crippen molar-refractivity contribution in [1.29, 1.82) is 0 Å². The fourth-order valence-corrected chi connectivity index (χ4v) is 1.85. The molecular weight excluding hydrogens is 196 g/mol.